The van der Waals surface area contributed by atoms with Gasteiger partial charge in [0.1, 0.15) is 5.54 Å². The highest BCUT2D eigenvalue weighted by molar-refractivity contribution is 5.80. The van der Waals surface area contributed by atoms with Crippen LogP contribution in [0, 0.1) is 11.8 Å². The molecular weight excluding hydrogens is 252 g/mol. The lowest BCUT2D eigenvalue weighted by molar-refractivity contribution is -0.151. The molecule has 0 aromatic rings. The second-order valence-corrected chi connectivity index (χ2v) is 6.55. The fraction of sp³-hybridized carbons (Fsp3) is 0.938. The Balaban J connectivity index is 2.56. The Morgan fingerprint density at radius 1 is 1.50 bits per heavy atom. The molecule has 0 saturated heterocycles. The van der Waals surface area contributed by atoms with E-state index in [1.807, 2.05) is 20.8 Å². The molecule has 118 valence electrons. The van der Waals surface area contributed by atoms with Crippen molar-refractivity contribution in [1.29, 1.82) is 0 Å². The molecule has 0 aromatic heterocycles. The summed E-state index contributed by atoms with van der Waals surface area (Å²) in [7, 11) is 2.16. The Kier molecular flexibility index (Phi) is 6.46. The van der Waals surface area contributed by atoms with E-state index < -0.39 is 5.54 Å². The van der Waals surface area contributed by atoms with Gasteiger partial charge in [0.05, 0.1) is 6.61 Å². The van der Waals surface area contributed by atoms with Gasteiger partial charge in [-0.25, -0.2) is 0 Å². The lowest BCUT2D eigenvalue weighted by Gasteiger charge is -2.34. The van der Waals surface area contributed by atoms with Gasteiger partial charge in [-0.15, -0.1) is 0 Å². The molecule has 4 unspecified atom stereocenters. The van der Waals surface area contributed by atoms with Crippen LogP contribution in [0.5, 0.6) is 0 Å². The van der Waals surface area contributed by atoms with Crippen molar-refractivity contribution in [3.8, 4) is 0 Å². The van der Waals surface area contributed by atoms with Gasteiger partial charge in [0.2, 0.25) is 0 Å². The Labute approximate surface area is 124 Å². The average molecular weight is 284 g/mol. The fourth-order valence-electron chi connectivity index (χ4n) is 2.86. The summed E-state index contributed by atoms with van der Waals surface area (Å²) in [5.41, 5.74) is -0.590. The summed E-state index contributed by atoms with van der Waals surface area (Å²) >= 11 is 0. The van der Waals surface area contributed by atoms with Crippen molar-refractivity contribution in [2.24, 2.45) is 11.8 Å². The highest BCUT2D eigenvalue weighted by atomic mass is 16.5. The molecule has 0 amide bonds. The summed E-state index contributed by atoms with van der Waals surface area (Å²) in [6.45, 7) is 12.7. The van der Waals surface area contributed by atoms with E-state index in [0.29, 0.717) is 12.6 Å². The molecule has 4 heteroatoms. The van der Waals surface area contributed by atoms with Crippen molar-refractivity contribution >= 4 is 5.97 Å². The molecule has 0 spiro atoms. The van der Waals surface area contributed by atoms with E-state index in [9.17, 15) is 4.79 Å². The van der Waals surface area contributed by atoms with Gasteiger partial charge in [-0.3, -0.25) is 4.79 Å². The maximum absolute atomic E-state index is 12.2. The number of nitrogens with one attached hydrogen (secondary N) is 1. The highest BCUT2D eigenvalue weighted by Crippen LogP contribution is 2.38. The first-order valence-corrected chi connectivity index (χ1v) is 7.96. The minimum Gasteiger partial charge on any atom is -0.465 e. The topological polar surface area (TPSA) is 41.6 Å². The van der Waals surface area contributed by atoms with Gasteiger partial charge in [-0.1, -0.05) is 13.8 Å². The van der Waals surface area contributed by atoms with Gasteiger partial charge in [0.15, 0.2) is 0 Å². The van der Waals surface area contributed by atoms with Crippen LogP contribution >= 0.6 is 0 Å². The molecule has 0 aromatic carbocycles. The van der Waals surface area contributed by atoms with Gasteiger partial charge < -0.3 is 15.0 Å². The molecular formula is C16H32N2O2. The first kappa shape index (κ1) is 17.4. The number of likely N-dealkylation sites (N-methyl/N-ethyl adjacent to an activating group) is 1. The molecule has 1 aliphatic rings. The predicted octanol–water partition coefficient (Wildman–Crippen LogP) is 2.28. The minimum atomic E-state index is -0.590. The monoisotopic (exact) mass is 284 g/mol. The average Bonchev–Trinajstić information content (AvgIpc) is 3.05. The van der Waals surface area contributed by atoms with Gasteiger partial charge in [-0.05, 0) is 59.0 Å². The Bertz CT molecular complexity index is 322. The predicted molar refractivity (Wildman–Crippen MR) is 82.7 cm³/mol. The van der Waals surface area contributed by atoms with Crippen LogP contribution in [0.4, 0.5) is 0 Å². The molecule has 4 atom stereocenters. The summed E-state index contributed by atoms with van der Waals surface area (Å²) in [6, 6.07) is 0.358. The number of nitrogens with zero attached hydrogens (tertiary/aromatic N) is 1. The quantitative estimate of drug-likeness (QED) is 0.660. The summed E-state index contributed by atoms with van der Waals surface area (Å²) in [5, 5.41) is 3.31. The summed E-state index contributed by atoms with van der Waals surface area (Å²) in [6.07, 6.45) is 2.12. The van der Waals surface area contributed by atoms with Gasteiger partial charge in [0, 0.05) is 12.6 Å². The molecule has 20 heavy (non-hydrogen) atoms. The Morgan fingerprint density at radius 3 is 2.55 bits per heavy atom. The third kappa shape index (κ3) is 4.74. The molecule has 0 radical (unpaired) electrons. The third-order valence-electron chi connectivity index (χ3n) is 4.55. The zero-order valence-corrected chi connectivity index (χ0v) is 14.0. The number of rotatable bonds is 9. The summed E-state index contributed by atoms with van der Waals surface area (Å²) in [4.78, 5) is 14.6. The van der Waals surface area contributed by atoms with Crippen LogP contribution in [0.25, 0.3) is 0 Å². The third-order valence-corrected chi connectivity index (χ3v) is 4.55. The van der Waals surface area contributed by atoms with Crippen molar-refractivity contribution in [3.05, 3.63) is 0 Å². The van der Waals surface area contributed by atoms with Crippen molar-refractivity contribution in [1.82, 2.24) is 10.2 Å². The van der Waals surface area contributed by atoms with E-state index >= 15 is 0 Å². The van der Waals surface area contributed by atoms with Crippen molar-refractivity contribution < 1.29 is 9.53 Å². The normalized spacial score (nSPS) is 26.1. The number of carbonyl (C=O) groups is 1. The van der Waals surface area contributed by atoms with E-state index in [1.165, 1.54) is 6.42 Å². The number of hydrogen-bond acceptors (Lipinski definition) is 4. The van der Waals surface area contributed by atoms with Crippen molar-refractivity contribution in [3.63, 3.8) is 0 Å². The smallest absolute Gasteiger partial charge is 0.326 e. The minimum absolute atomic E-state index is 0.137. The second-order valence-electron chi connectivity index (χ2n) is 6.55. The van der Waals surface area contributed by atoms with Gasteiger partial charge in [0.25, 0.3) is 0 Å². The zero-order valence-electron chi connectivity index (χ0n) is 14.0. The number of ether oxygens (including phenoxy) is 1. The van der Waals surface area contributed by atoms with Crippen LogP contribution < -0.4 is 5.32 Å². The van der Waals surface area contributed by atoms with Crippen LogP contribution in [-0.2, 0) is 9.53 Å². The summed E-state index contributed by atoms with van der Waals surface area (Å²) < 4.78 is 5.23. The van der Waals surface area contributed by atoms with E-state index in [4.69, 9.17) is 4.74 Å². The first-order valence-electron chi connectivity index (χ1n) is 7.96. The fourth-order valence-corrected chi connectivity index (χ4v) is 2.86. The second kappa shape index (κ2) is 7.41. The SMILES string of the molecule is CCNC(C)(CC(C)N(C)CC1CC1C)C(=O)OCC. The van der Waals surface area contributed by atoms with E-state index in [0.717, 1.165) is 31.3 Å². The van der Waals surface area contributed by atoms with Crippen LogP contribution in [0.1, 0.15) is 47.5 Å². The maximum Gasteiger partial charge on any atom is 0.326 e. The van der Waals surface area contributed by atoms with Gasteiger partial charge in [-0.2, -0.15) is 0 Å². The van der Waals surface area contributed by atoms with Crippen molar-refractivity contribution in [2.45, 2.75) is 59.0 Å². The molecule has 4 nitrogen and oxygen atoms in total. The van der Waals surface area contributed by atoms with E-state index in [-0.39, 0.29) is 5.97 Å². The molecule has 0 aliphatic heterocycles. The van der Waals surface area contributed by atoms with Gasteiger partial charge >= 0.3 is 5.97 Å². The molecule has 1 N–H and O–H groups in total. The standard InChI is InChI=1S/C16H32N2O2/c1-7-17-16(5,15(19)20-8-2)10-13(4)18(6)11-14-9-12(14)3/h12-14,17H,7-11H2,1-6H3. The molecule has 0 bridgehead atoms. The zero-order chi connectivity index (χ0) is 15.3. The highest BCUT2D eigenvalue weighted by Gasteiger charge is 2.38. The Morgan fingerprint density at radius 2 is 2.10 bits per heavy atom. The maximum atomic E-state index is 12.2. The molecule has 1 rings (SSSR count). The van der Waals surface area contributed by atoms with Crippen molar-refractivity contribution in [2.75, 3.05) is 26.7 Å². The first-order chi connectivity index (χ1) is 9.34. The molecule has 1 fully saturated rings. The molecule has 1 saturated carbocycles. The number of carbonyl (C=O) groups excluding carboxylic acids is 1. The number of hydrogen-bond donors (Lipinski definition) is 1. The van der Waals surface area contributed by atoms with E-state index in [2.05, 4.69) is 31.1 Å². The molecule has 0 heterocycles. The summed E-state index contributed by atoms with van der Waals surface area (Å²) in [5.74, 6) is 1.58. The largest absolute Gasteiger partial charge is 0.465 e. The lowest BCUT2D eigenvalue weighted by Crippen LogP contribution is -2.54. The Hall–Kier alpha value is -0.610. The van der Waals surface area contributed by atoms with Crippen LogP contribution in [0.3, 0.4) is 0 Å². The number of esters is 1. The van der Waals surface area contributed by atoms with Crippen LogP contribution in [-0.4, -0.2) is 49.2 Å². The molecule has 1 aliphatic carbocycles. The lowest BCUT2D eigenvalue weighted by atomic mass is 9.92. The van der Waals surface area contributed by atoms with Crippen LogP contribution in [0.15, 0.2) is 0 Å². The van der Waals surface area contributed by atoms with Crippen LogP contribution in [0.2, 0.25) is 0 Å². The van der Waals surface area contributed by atoms with E-state index in [1.54, 1.807) is 0 Å².